The van der Waals surface area contributed by atoms with Gasteiger partial charge in [0.05, 0.1) is 0 Å². The average molecular weight is 277 g/mol. The molecule has 0 amide bonds. The van der Waals surface area contributed by atoms with E-state index in [2.05, 4.69) is 23.9 Å². The lowest BCUT2D eigenvalue weighted by Crippen LogP contribution is -2.19. The van der Waals surface area contributed by atoms with E-state index in [0.717, 1.165) is 17.5 Å². The summed E-state index contributed by atoms with van der Waals surface area (Å²) in [5, 5.41) is 2.11. The molecule has 0 spiro atoms. The van der Waals surface area contributed by atoms with Crippen LogP contribution in [0.5, 0.6) is 0 Å². The van der Waals surface area contributed by atoms with Gasteiger partial charge in [-0.2, -0.15) is 0 Å². The number of benzene rings is 1. The quantitative estimate of drug-likeness (QED) is 0.900. The number of aromatic nitrogens is 1. The number of halogens is 1. The fraction of sp³-hybridized carbons (Fsp3) is 0.500. The fourth-order valence-electron chi connectivity index (χ4n) is 3.62. The van der Waals surface area contributed by atoms with E-state index in [1.165, 1.54) is 42.1 Å². The second kappa shape index (κ2) is 5.18. The Morgan fingerprint density at radius 1 is 1.37 bits per heavy atom. The number of rotatable bonds is 3. The standard InChI is InChI=1S/C16H21ClN2/c1-19-10-15(13-7-6-12(17)8-16(13)19)14(9-18)11-4-2-3-5-11/h6-8,10-11,14H,2-5,9,18H2,1H3. The van der Waals surface area contributed by atoms with E-state index in [1.807, 2.05) is 12.1 Å². The summed E-state index contributed by atoms with van der Waals surface area (Å²) in [7, 11) is 2.09. The smallest absolute Gasteiger partial charge is 0.0495 e. The predicted molar refractivity (Wildman–Crippen MR) is 81.7 cm³/mol. The minimum atomic E-state index is 0.493. The van der Waals surface area contributed by atoms with E-state index >= 15 is 0 Å². The van der Waals surface area contributed by atoms with Crippen molar-refractivity contribution in [3.8, 4) is 0 Å². The Labute approximate surface area is 119 Å². The first-order valence-corrected chi connectivity index (χ1v) is 7.53. The second-order valence-electron chi connectivity index (χ2n) is 5.74. The maximum Gasteiger partial charge on any atom is 0.0495 e. The van der Waals surface area contributed by atoms with Gasteiger partial charge in [0, 0.05) is 35.1 Å². The summed E-state index contributed by atoms with van der Waals surface area (Å²) in [6.07, 6.45) is 7.62. The molecule has 1 aromatic heterocycles. The van der Waals surface area contributed by atoms with Gasteiger partial charge >= 0.3 is 0 Å². The Hall–Kier alpha value is -0.990. The van der Waals surface area contributed by atoms with Gasteiger partial charge in [0.25, 0.3) is 0 Å². The van der Waals surface area contributed by atoms with Crippen molar-refractivity contribution in [1.29, 1.82) is 0 Å². The Balaban J connectivity index is 2.08. The van der Waals surface area contributed by atoms with Crippen LogP contribution in [0.1, 0.15) is 37.2 Å². The maximum atomic E-state index is 6.10. The lowest BCUT2D eigenvalue weighted by molar-refractivity contribution is 0.442. The van der Waals surface area contributed by atoms with Crippen molar-refractivity contribution in [3.63, 3.8) is 0 Å². The van der Waals surface area contributed by atoms with Crippen molar-refractivity contribution in [2.24, 2.45) is 18.7 Å². The first kappa shape index (κ1) is 13.0. The normalized spacial score (nSPS) is 18.3. The molecule has 0 aliphatic heterocycles. The molecule has 102 valence electrons. The third-order valence-corrected chi connectivity index (χ3v) is 4.84. The van der Waals surface area contributed by atoms with Gasteiger partial charge in [-0.1, -0.05) is 30.5 Å². The molecular formula is C16H21ClN2. The van der Waals surface area contributed by atoms with Gasteiger partial charge in [-0.15, -0.1) is 0 Å². The van der Waals surface area contributed by atoms with Crippen LogP contribution in [-0.2, 0) is 7.05 Å². The molecule has 2 aromatic rings. The first-order chi connectivity index (χ1) is 9.20. The highest BCUT2D eigenvalue weighted by Gasteiger charge is 2.27. The summed E-state index contributed by atoms with van der Waals surface area (Å²) in [5.41, 5.74) is 8.69. The number of nitrogens with zero attached hydrogens (tertiary/aromatic N) is 1. The van der Waals surface area contributed by atoms with Crippen molar-refractivity contribution in [2.45, 2.75) is 31.6 Å². The van der Waals surface area contributed by atoms with Gasteiger partial charge in [0.2, 0.25) is 0 Å². The third-order valence-electron chi connectivity index (χ3n) is 4.61. The van der Waals surface area contributed by atoms with Crippen molar-refractivity contribution in [1.82, 2.24) is 4.57 Å². The van der Waals surface area contributed by atoms with Gasteiger partial charge in [-0.3, -0.25) is 0 Å². The van der Waals surface area contributed by atoms with Crippen molar-refractivity contribution in [2.75, 3.05) is 6.54 Å². The Morgan fingerprint density at radius 3 is 2.79 bits per heavy atom. The molecule has 1 heterocycles. The molecule has 0 radical (unpaired) electrons. The zero-order valence-electron chi connectivity index (χ0n) is 11.4. The van der Waals surface area contributed by atoms with E-state index in [4.69, 9.17) is 17.3 Å². The predicted octanol–water partition coefficient (Wildman–Crippen LogP) is 4.06. The Kier molecular flexibility index (Phi) is 3.55. The second-order valence-corrected chi connectivity index (χ2v) is 6.18. The third kappa shape index (κ3) is 2.28. The van der Waals surface area contributed by atoms with Crippen molar-refractivity contribution >= 4 is 22.5 Å². The van der Waals surface area contributed by atoms with Crippen LogP contribution in [0.3, 0.4) is 0 Å². The molecule has 3 rings (SSSR count). The van der Waals surface area contributed by atoms with E-state index in [-0.39, 0.29) is 0 Å². The van der Waals surface area contributed by atoms with Crippen LogP contribution in [0.4, 0.5) is 0 Å². The van der Waals surface area contributed by atoms with Gasteiger partial charge in [0.1, 0.15) is 0 Å². The van der Waals surface area contributed by atoms with Crippen LogP contribution in [0.25, 0.3) is 10.9 Å². The summed E-state index contributed by atoms with van der Waals surface area (Å²) >= 11 is 6.10. The Bertz CT molecular complexity index is 582. The van der Waals surface area contributed by atoms with Crippen LogP contribution < -0.4 is 5.73 Å². The van der Waals surface area contributed by atoms with Gasteiger partial charge < -0.3 is 10.3 Å². The molecule has 2 N–H and O–H groups in total. The summed E-state index contributed by atoms with van der Waals surface area (Å²) in [6, 6.07) is 6.17. The number of hydrogen-bond donors (Lipinski definition) is 1. The highest BCUT2D eigenvalue weighted by Crippen LogP contribution is 2.40. The lowest BCUT2D eigenvalue weighted by Gasteiger charge is -2.21. The van der Waals surface area contributed by atoms with Crippen molar-refractivity contribution < 1.29 is 0 Å². The average Bonchev–Trinajstić information content (AvgIpc) is 3.01. The van der Waals surface area contributed by atoms with Crippen LogP contribution in [0.2, 0.25) is 5.02 Å². The molecular weight excluding hydrogens is 256 g/mol. The molecule has 1 atom stereocenters. The monoisotopic (exact) mass is 276 g/mol. The molecule has 1 aromatic carbocycles. The Morgan fingerprint density at radius 2 is 2.11 bits per heavy atom. The fourth-order valence-corrected chi connectivity index (χ4v) is 3.78. The summed E-state index contributed by atoms with van der Waals surface area (Å²) < 4.78 is 2.17. The number of fused-ring (bicyclic) bond motifs is 1. The molecule has 0 bridgehead atoms. The zero-order valence-corrected chi connectivity index (χ0v) is 12.2. The van der Waals surface area contributed by atoms with E-state index in [1.54, 1.807) is 0 Å². The molecule has 0 saturated heterocycles. The van der Waals surface area contributed by atoms with Crippen LogP contribution in [0.15, 0.2) is 24.4 Å². The molecule has 1 unspecified atom stereocenters. The van der Waals surface area contributed by atoms with Gasteiger partial charge in [0.15, 0.2) is 0 Å². The summed E-state index contributed by atoms with van der Waals surface area (Å²) in [6.45, 7) is 0.742. The molecule has 1 aliphatic carbocycles. The summed E-state index contributed by atoms with van der Waals surface area (Å²) in [4.78, 5) is 0. The van der Waals surface area contributed by atoms with Gasteiger partial charge in [-0.05, 0) is 43.0 Å². The van der Waals surface area contributed by atoms with Crippen molar-refractivity contribution in [3.05, 3.63) is 35.0 Å². The zero-order chi connectivity index (χ0) is 13.4. The van der Waals surface area contributed by atoms with E-state index in [0.29, 0.717) is 5.92 Å². The minimum Gasteiger partial charge on any atom is -0.350 e. The molecule has 2 nitrogen and oxygen atoms in total. The van der Waals surface area contributed by atoms with Crippen LogP contribution >= 0.6 is 11.6 Å². The molecule has 19 heavy (non-hydrogen) atoms. The van der Waals surface area contributed by atoms with E-state index < -0.39 is 0 Å². The number of nitrogens with two attached hydrogens (primary N) is 1. The largest absolute Gasteiger partial charge is 0.350 e. The van der Waals surface area contributed by atoms with E-state index in [9.17, 15) is 0 Å². The number of hydrogen-bond acceptors (Lipinski definition) is 1. The summed E-state index contributed by atoms with van der Waals surface area (Å²) in [5.74, 6) is 1.25. The SMILES string of the molecule is Cn1cc(C(CN)C2CCCC2)c2ccc(Cl)cc21. The van der Waals surface area contributed by atoms with Crippen LogP contribution in [-0.4, -0.2) is 11.1 Å². The maximum absolute atomic E-state index is 6.10. The molecule has 1 aliphatic rings. The molecule has 1 saturated carbocycles. The molecule has 3 heteroatoms. The highest BCUT2D eigenvalue weighted by molar-refractivity contribution is 6.31. The highest BCUT2D eigenvalue weighted by atomic mass is 35.5. The number of aryl methyl sites for hydroxylation is 1. The minimum absolute atomic E-state index is 0.493. The van der Waals surface area contributed by atoms with Gasteiger partial charge in [-0.25, -0.2) is 0 Å². The first-order valence-electron chi connectivity index (χ1n) is 7.15. The lowest BCUT2D eigenvalue weighted by atomic mass is 9.85. The van der Waals surface area contributed by atoms with Crippen LogP contribution in [0, 0.1) is 5.92 Å². The topological polar surface area (TPSA) is 30.9 Å². The molecule has 1 fully saturated rings.